The van der Waals surface area contributed by atoms with Gasteiger partial charge in [-0.25, -0.2) is 8.42 Å². The highest BCUT2D eigenvalue weighted by atomic mass is 32.2. The van der Waals surface area contributed by atoms with Gasteiger partial charge in [0.25, 0.3) is 0 Å². The Labute approximate surface area is 167 Å². The minimum absolute atomic E-state index is 0.0953. The first-order chi connectivity index (χ1) is 13.1. The van der Waals surface area contributed by atoms with Gasteiger partial charge < -0.3 is 10.1 Å². The Morgan fingerprint density at radius 2 is 1.71 bits per heavy atom. The molecule has 0 unspecified atom stereocenters. The highest BCUT2D eigenvalue weighted by molar-refractivity contribution is 7.92. The first-order valence-corrected chi connectivity index (χ1v) is 11.0. The molecular weight excluding hydrogens is 376 g/mol. The minimum atomic E-state index is -3.59. The van der Waals surface area contributed by atoms with E-state index in [4.69, 9.17) is 4.74 Å². The molecule has 0 aromatic heterocycles. The molecular formula is C21H28N2O4S. The Morgan fingerprint density at radius 1 is 1.07 bits per heavy atom. The lowest BCUT2D eigenvalue weighted by atomic mass is 10.1. The number of rotatable bonds is 8. The van der Waals surface area contributed by atoms with Crippen molar-refractivity contribution in [1.29, 1.82) is 0 Å². The Hall–Kier alpha value is -2.54. The number of sulfonamides is 1. The topological polar surface area (TPSA) is 75.7 Å². The Morgan fingerprint density at radius 3 is 2.25 bits per heavy atom. The van der Waals surface area contributed by atoms with Gasteiger partial charge in [-0.3, -0.25) is 9.10 Å². The normalized spacial score (nSPS) is 11.4. The molecule has 152 valence electrons. The molecule has 0 radical (unpaired) electrons. The van der Waals surface area contributed by atoms with Crippen LogP contribution in [0.4, 0.5) is 5.69 Å². The number of nitrogens with one attached hydrogen (secondary N) is 1. The van der Waals surface area contributed by atoms with E-state index < -0.39 is 10.0 Å². The van der Waals surface area contributed by atoms with Gasteiger partial charge in [0.2, 0.25) is 15.9 Å². The van der Waals surface area contributed by atoms with Crippen molar-refractivity contribution in [3.05, 3.63) is 59.2 Å². The Balaban J connectivity index is 2.03. The number of aryl methyl sites for hydroxylation is 2. The van der Waals surface area contributed by atoms with E-state index >= 15 is 0 Å². The van der Waals surface area contributed by atoms with E-state index in [1.165, 1.54) is 0 Å². The number of hydrogen-bond donors (Lipinski definition) is 1. The summed E-state index contributed by atoms with van der Waals surface area (Å²) >= 11 is 0. The summed E-state index contributed by atoms with van der Waals surface area (Å²) in [6, 6.07) is 12.8. The number of carbonyl (C=O) groups is 1. The van der Waals surface area contributed by atoms with Crippen LogP contribution in [0, 0.1) is 13.8 Å². The molecule has 2 aromatic rings. The first-order valence-electron chi connectivity index (χ1n) is 9.13. The van der Waals surface area contributed by atoms with Crippen LogP contribution in [0.25, 0.3) is 0 Å². The molecule has 0 aliphatic rings. The van der Waals surface area contributed by atoms with Gasteiger partial charge in [0.05, 0.1) is 18.0 Å². The quantitative estimate of drug-likeness (QED) is 0.733. The molecule has 6 nitrogen and oxygen atoms in total. The van der Waals surface area contributed by atoms with Crippen LogP contribution in [0.5, 0.6) is 5.75 Å². The van der Waals surface area contributed by atoms with Crippen molar-refractivity contribution in [2.24, 2.45) is 0 Å². The third-order valence-electron chi connectivity index (χ3n) is 4.25. The number of ether oxygens (including phenoxy) is 1. The highest BCUT2D eigenvalue weighted by Gasteiger charge is 2.21. The Kier molecular flexibility index (Phi) is 7.07. The second kappa shape index (κ2) is 9.10. The zero-order valence-electron chi connectivity index (χ0n) is 17.0. The zero-order chi connectivity index (χ0) is 20.9. The lowest BCUT2D eigenvalue weighted by Gasteiger charge is -2.22. The van der Waals surface area contributed by atoms with Crippen molar-refractivity contribution in [2.45, 2.75) is 40.3 Å². The summed E-state index contributed by atoms with van der Waals surface area (Å²) in [4.78, 5) is 12.4. The monoisotopic (exact) mass is 404 g/mol. The lowest BCUT2D eigenvalue weighted by molar-refractivity contribution is -0.119. The van der Waals surface area contributed by atoms with Crippen LogP contribution in [-0.4, -0.2) is 33.2 Å². The number of hydrogen-bond acceptors (Lipinski definition) is 4. The van der Waals surface area contributed by atoms with Crippen LogP contribution in [0.15, 0.2) is 42.5 Å². The molecule has 1 N–H and O–H groups in total. The molecule has 0 saturated carbocycles. The standard InChI is InChI=1S/C21H28N2O4S/c1-15(2)27-20-10-7-18(8-11-20)13-22-21(24)14-23(28(5,25)26)19-9-6-16(3)17(4)12-19/h6-12,15H,13-14H2,1-5H3,(H,22,24). The fourth-order valence-electron chi connectivity index (χ4n) is 2.63. The molecule has 0 spiro atoms. The van der Waals surface area contributed by atoms with Gasteiger partial charge in [0, 0.05) is 6.54 Å². The summed E-state index contributed by atoms with van der Waals surface area (Å²) in [5.41, 5.74) is 3.42. The van der Waals surface area contributed by atoms with Gasteiger partial charge in [-0.15, -0.1) is 0 Å². The molecule has 0 aliphatic heterocycles. The van der Waals surface area contributed by atoms with Crippen molar-refractivity contribution < 1.29 is 17.9 Å². The summed E-state index contributed by atoms with van der Waals surface area (Å²) in [5.74, 6) is 0.397. The van der Waals surface area contributed by atoms with Gasteiger partial charge >= 0.3 is 0 Å². The van der Waals surface area contributed by atoms with E-state index in [0.29, 0.717) is 12.2 Å². The third-order valence-corrected chi connectivity index (χ3v) is 5.39. The van der Waals surface area contributed by atoms with Crippen LogP contribution in [0.1, 0.15) is 30.5 Å². The summed E-state index contributed by atoms with van der Waals surface area (Å²) in [6.07, 6.45) is 1.20. The van der Waals surface area contributed by atoms with E-state index in [-0.39, 0.29) is 18.6 Å². The van der Waals surface area contributed by atoms with E-state index in [0.717, 1.165) is 33.0 Å². The molecule has 7 heteroatoms. The van der Waals surface area contributed by atoms with Crippen LogP contribution in [0.2, 0.25) is 0 Å². The van der Waals surface area contributed by atoms with Crippen molar-refractivity contribution in [1.82, 2.24) is 5.32 Å². The van der Waals surface area contributed by atoms with Gasteiger partial charge in [-0.05, 0) is 68.7 Å². The minimum Gasteiger partial charge on any atom is -0.491 e. The number of anilines is 1. The van der Waals surface area contributed by atoms with Gasteiger partial charge in [0.15, 0.2) is 0 Å². The average molecular weight is 405 g/mol. The van der Waals surface area contributed by atoms with Crippen LogP contribution in [0.3, 0.4) is 0 Å². The average Bonchev–Trinajstić information content (AvgIpc) is 2.60. The summed E-state index contributed by atoms with van der Waals surface area (Å²) in [7, 11) is -3.59. The molecule has 28 heavy (non-hydrogen) atoms. The highest BCUT2D eigenvalue weighted by Crippen LogP contribution is 2.21. The van der Waals surface area contributed by atoms with Crippen molar-refractivity contribution in [3.63, 3.8) is 0 Å². The Bertz CT molecular complexity index is 922. The fraction of sp³-hybridized carbons (Fsp3) is 0.381. The summed E-state index contributed by atoms with van der Waals surface area (Å²) in [5, 5.41) is 2.77. The first kappa shape index (κ1) is 21.8. The van der Waals surface area contributed by atoms with Crippen LogP contribution < -0.4 is 14.4 Å². The molecule has 0 bridgehead atoms. The van der Waals surface area contributed by atoms with E-state index in [9.17, 15) is 13.2 Å². The molecule has 0 atom stereocenters. The second-order valence-corrected chi connectivity index (χ2v) is 9.03. The maximum absolute atomic E-state index is 12.4. The molecule has 1 amide bonds. The van der Waals surface area contributed by atoms with Crippen molar-refractivity contribution in [3.8, 4) is 5.75 Å². The summed E-state index contributed by atoms with van der Waals surface area (Å²) in [6.45, 7) is 7.82. The predicted octanol–water partition coefficient (Wildman–Crippen LogP) is 3.17. The number of carbonyl (C=O) groups excluding carboxylic acids is 1. The number of nitrogens with zero attached hydrogens (tertiary/aromatic N) is 1. The molecule has 0 aliphatic carbocycles. The third kappa shape index (κ3) is 6.27. The van der Waals surface area contributed by atoms with Crippen molar-refractivity contribution in [2.75, 3.05) is 17.1 Å². The maximum Gasteiger partial charge on any atom is 0.241 e. The van der Waals surface area contributed by atoms with E-state index in [2.05, 4.69) is 5.32 Å². The zero-order valence-corrected chi connectivity index (χ0v) is 17.8. The SMILES string of the molecule is Cc1ccc(N(CC(=O)NCc2ccc(OC(C)C)cc2)S(C)(=O)=O)cc1C. The maximum atomic E-state index is 12.4. The van der Waals surface area contributed by atoms with Gasteiger partial charge in [0.1, 0.15) is 12.3 Å². The molecule has 2 rings (SSSR count). The molecule has 0 fully saturated rings. The smallest absolute Gasteiger partial charge is 0.241 e. The predicted molar refractivity (Wildman–Crippen MR) is 112 cm³/mol. The molecule has 0 heterocycles. The van der Waals surface area contributed by atoms with Gasteiger partial charge in [-0.2, -0.15) is 0 Å². The van der Waals surface area contributed by atoms with E-state index in [1.807, 2.05) is 58.0 Å². The molecule has 0 saturated heterocycles. The largest absolute Gasteiger partial charge is 0.491 e. The second-order valence-electron chi connectivity index (χ2n) is 7.13. The van der Waals surface area contributed by atoms with Crippen molar-refractivity contribution >= 4 is 21.6 Å². The number of benzene rings is 2. The number of amides is 1. The molecule has 2 aromatic carbocycles. The summed E-state index contributed by atoms with van der Waals surface area (Å²) < 4.78 is 31.1. The van der Waals surface area contributed by atoms with Crippen LogP contribution >= 0.6 is 0 Å². The van der Waals surface area contributed by atoms with E-state index in [1.54, 1.807) is 12.1 Å². The lowest BCUT2D eigenvalue weighted by Crippen LogP contribution is -2.40. The fourth-order valence-corrected chi connectivity index (χ4v) is 3.47. The van der Waals surface area contributed by atoms with Crippen LogP contribution in [-0.2, 0) is 21.4 Å². The van der Waals surface area contributed by atoms with Gasteiger partial charge in [-0.1, -0.05) is 18.2 Å².